The molecule has 1 saturated heterocycles. The topological polar surface area (TPSA) is 102 Å². The molecule has 0 aliphatic carbocycles. The number of hydrogen-bond donors (Lipinski definition) is 2. The number of nitrogens with two attached hydrogens (primary N) is 1. The van der Waals surface area contributed by atoms with Gasteiger partial charge in [-0.3, -0.25) is 5.10 Å². The molecule has 4 rings (SSSR count). The fourth-order valence-corrected chi connectivity index (χ4v) is 2.18. The van der Waals surface area contributed by atoms with Gasteiger partial charge in [0, 0.05) is 20.3 Å². The molecule has 4 heterocycles. The third-order valence-corrected chi connectivity index (χ3v) is 3.24. The number of hydrogen-bond acceptors (Lipinski definition) is 7. The van der Waals surface area contributed by atoms with E-state index >= 15 is 0 Å². The Morgan fingerprint density at radius 3 is 2.50 bits per heavy atom. The molecule has 2 aliphatic rings. The predicted octanol–water partition coefficient (Wildman–Crippen LogP) is 1.59. The molecule has 0 atom stereocenters. The van der Waals surface area contributed by atoms with Crippen molar-refractivity contribution in [3.63, 3.8) is 0 Å². The maximum absolute atomic E-state index is 5.61. The number of nitrogens with zero attached hydrogens (tertiary/aromatic N) is 4. The van der Waals surface area contributed by atoms with Crippen molar-refractivity contribution in [3.05, 3.63) is 0 Å². The molecule has 2 aromatic rings. The fourth-order valence-electron chi connectivity index (χ4n) is 2.18. The summed E-state index contributed by atoms with van der Waals surface area (Å²) in [5.74, 6) is 1.55. The highest BCUT2D eigenvalue weighted by atomic mass is 16.5. The van der Waals surface area contributed by atoms with E-state index in [9.17, 15) is 0 Å². The van der Waals surface area contributed by atoms with Gasteiger partial charge in [-0.1, -0.05) is 13.8 Å². The zero-order valence-electron chi connectivity index (χ0n) is 13.4. The molecule has 0 amide bonds. The van der Waals surface area contributed by atoms with Gasteiger partial charge >= 0.3 is 0 Å². The van der Waals surface area contributed by atoms with Crippen LogP contribution in [0.15, 0.2) is 0 Å². The predicted molar refractivity (Wildman–Crippen MR) is 86.3 cm³/mol. The first kappa shape index (κ1) is 16.3. The maximum Gasteiger partial charge on any atom is 0.246 e. The van der Waals surface area contributed by atoms with Crippen LogP contribution in [-0.4, -0.2) is 53.6 Å². The largest absolute Gasteiger partial charge is 0.474 e. The van der Waals surface area contributed by atoms with Crippen molar-refractivity contribution >= 4 is 22.8 Å². The van der Waals surface area contributed by atoms with E-state index in [2.05, 4.69) is 20.2 Å². The monoisotopic (exact) mass is 308 g/mol. The lowest BCUT2D eigenvalue weighted by atomic mass is 10.3. The van der Waals surface area contributed by atoms with Crippen molar-refractivity contribution in [2.45, 2.75) is 26.7 Å². The Labute approximate surface area is 130 Å². The number of H-pyrrole nitrogens is 1. The molecule has 0 saturated carbocycles. The second-order valence-electron chi connectivity index (χ2n) is 4.75. The normalized spacial score (nSPS) is 16.0. The Morgan fingerprint density at radius 1 is 1.14 bits per heavy atom. The van der Waals surface area contributed by atoms with E-state index in [4.69, 9.17) is 15.2 Å². The maximum atomic E-state index is 5.61. The van der Waals surface area contributed by atoms with Crippen LogP contribution in [0.2, 0.25) is 0 Å². The molecule has 1 fully saturated rings. The molecule has 0 unspecified atom stereocenters. The van der Waals surface area contributed by atoms with Crippen molar-refractivity contribution in [2.75, 3.05) is 44.0 Å². The summed E-state index contributed by atoms with van der Waals surface area (Å²) in [5.41, 5.74) is 6.22. The number of nitrogens with one attached hydrogen (secondary N) is 1. The minimum atomic E-state index is 0.237. The number of rotatable bonds is 0. The highest BCUT2D eigenvalue weighted by Gasteiger charge is 2.21. The Kier molecular flexibility index (Phi) is 5.76. The van der Waals surface area contributed by atoms with Crippen LogP contribution in [0.4, 0.5) is 11.8 Å². The highest BCUT2D eigenvalue weighted by molar-refractivity contribution is 5.92. The Bertz CT molecular complexity index is 589. The number of aromatic amines is 1. The summed E-state index contributed by atoms with van der Waals surface area (Å²) in [4.78, 5) is 10.2. The van der Waals surface area contributed by atoms with E-state index in [0.717, 1.165) is 31.0 Å². The SMILES string of the molecule is C1CCOC1.CC.CN1CCOc2n[nH]c3nc(N)nc1c23. The second kappa shape index (κ2) is 7.79. The summed E-state index contributed by atoms with van der Waals surface area (Å²) in [6.45, 7) is 7.33. The van der Waals surface area contributed by atoms with Gasteiger partial charge < -0.3 is 20.1 Å². The average Bonchev–Trinajstić information content (AvgIpc) is 3.19. The summed E-state index contributed by atoms with van der Waals surface area (Å²) in [5, 5.41) is 7.60. The molecule has 0 spiro atoms. The molecular formula is C14H24N6O2. The molecule has 2 aromatic heterocycles. The van der Waals surface area contributed by atoms with Crippen LogP contribution in [0.25, 0.3) is 11.0 Å². The van der Waals surface area contributed by atoms with Gasteiger partial charge in [0.15, 0.2) is 5.65 Å². The Hall–Kier alpha value is -2.09. The fraction of sp³-hybridized carbons (Fsp3) is 0.643. The summed E-state index contributed by atoms with van der Waals surface area (Å²) >= 11 is 0. The van der Waals surface area contributed by atoms with Gasteiger partial charge in [-0.05, 0) is 12.8 Å². The molecular weight excluding hydrogens is 284 g/mol. The van der Waals surface area contributed by atoms with Gasteiger partial charge in [0.25, 0.3) is 0 Å². The Balaban J connectivity index is 0.000000213. The first-order valence-electron chi connectivity index (χ1n) is 7.69. The average molecular weight is 308 g/mol. The second-order valence-corrected chi connectivity index (χ2v) is 4.75. The quantitative estimate of drug-likeness (QED) is 0.761. The first-order valence-corrected chi connectivity index (χ1v) is 7.69. The van der Waals surface area contributed by atoms with E-state index in [0.29, 0.717) is 18.1 Å². The van der Waals surface area contributed by atoms with Gasteiger partial charge in [0.05, 0.1) is 6.54 Å². The number of likely N-dealkylation sites (N-methyl/N-ethyl adjacent to an activating group) is 1. The zero-order valence-corrected chi connectivity index (χ0v) is 13.4. The lowest BCUT2D eigenvalue weighted by Gasteiger charge is -2.15. The van der Waals surface area contributed by atoms with E-state index in [1.165, 1.54) is 12.8 Å². The van der Waals surface area contributed by atoms with Crippen molar-refractivity contribution < 1.29 is 9.47 Å². The van der Waals surface area contributed by atoms with Gasteiger partial charge in [-0.15, -0.1) is 5.10 Å². The third-order valence-electron chi connectivity index (χ3n) is 3.24. The molecule has 0 aromatic carbocycles. The molecule has 0 bridgehead atoms. The van der Waals surface area contributed by atoms with Gasteiger partial charge in [0.1, 0.15) is 17.8 Å². The summed E-state index contributed by atoms with van der Waals surface area (Å²) in [7, 11) is 1.94. The molecule has 8 nitrogen and oxygen atoms in total. The van der Waals surface area contributed by atoms with Crippen LogP contribution in [0.1, 0.15) is 26.7 Å². The van der Waals surface area contributed by atoms with Crippen LogP contribution < -0.4 is 15.4 Å². The highest BCUT2D eigenvalue weighted by Crippen LogP contribution is 2.31. The van der Waals surface area contributed by atoms with Crippen LogP contribution in [-0.2, 0) is 4.74 Å². The lowest BCUT2D eigenvalue weighted by molar-refractivity contribution is 0.198. The molecule has 8 heteroatoms. The summed E-state index contributed by atoms with van der Waals surface area (Å²) in [6, 6.07) is 0. The van der Waals surface area contributed by atoms with Crippen molar-refractivity contribution in [2.24, 2.45) is 0 Å². The molecule has 0 radical (unpaired) electrons. The lowest BCUT2D eigenvalue weighted by Crippen LogP contribution is -2.23. The van der Waals surface area contributed by atoms with Gasteiger partial charge in [-0.25, -0.2) is 0 Å². The molecule has 22 heavy (non-hydrogen) atoms. The minimum absolute atomic E-state index is 0.237. The van der Waals surface area contributed by atoms with Crippen molar-refractivity contribution in [1.29, 1.82) is 0 Å². The first-order chi connectivity index (χ1) is 10.8. The Morgan fingerprint density at radius 2 is 1.86 bits per heavy atom. The summed E-state index contributed by atoms with van der Waals surface area (Å²) in [6.07, 6.45) is 2.56. The number of ether oxygens (including phenoxy) is 2. The van der Waals surface area contributed by atoms with Crippen LogP contribution in [0.3, 0.4) is 0 Å². The van der Waals surface area contributed by atoms with E-state index in [-0.39, 0.29) is 5.95 Å². The molecule has 2 aliphatic heterocycles. The van der Waals surface area contributed by atoms with Crippen LogP contribution in [0, 0.1) is 0 Å². The number of aromatic nitrogens is 4. The van der Waals surface area contributed by atoms with Crippen molar-refractivity contribution in [1.82, 2.24) is 20.2 Å². The standard InChI is InChI=1S/C8H10N6O.C4H8O.C2H6/c1-14-2-3-15-7-4-5(12-13-7)10-8(9)11-6(4)14;1-2-4-5-3-1;1-2/h2-3H2,1H3,(H3,9,10,11,12,13);1-4H2;1-2H3. The summed E-state index contributed by atoms with van der Waals surface area (Å²) < 4.78 is 10.4. The van der Waals surface area contributed by atoms with Gasteiger partial charge in [0.2, 0.25) is 11.8 Å². The smallest absolute Gasteiger partial charge is 0.246 e. The molecule has 122 valence electrons. The van der Waals surface area contributed by atoms with E-state index in [1.54, 1.807) is 0 Å². The minimum Gasteiger partial charge on any atom is -0.474 e. The van der Waals surface area contributed by atoms with Crippen LogP contribution >= 0.6 is 0 Å². The van der Waals surface area contributed by atoms with Crippen LogP contribution in [0.5, 0.6) is 5.88 Å². The van der Waals surface area contributed by atoms with Crippen molar-refractivity contribution in [3.8, 4) is 5.88 Å². The molecule has 3 N–H and O–H groups in total. The van der Waals surface area contributed by atoms with E-state index < -0.39 is 0 Å². The van der Waals surface area contributed by atoms with E-state index in [1.807, 2.05) is 25.8 Å². The number of anilines is 2. The zero-order chi connectivity index (χ0) is 15.9. The number of nitrogen functional groups attached to an aromatic ring is 1. The van der Waals surface area contributed by atoms with Gasteiger partial charge in [-0.2, -0.15) is 9.97 Å². The third kappa shape index (κ3) is 3.56.